The first kappa shape index (κ1) is 11.1. The second-order valence-electron chi connectivity index (χ2n) is 4.60. The zero-order valence-corrected chi connectivity index (χ0v) is 10.6. The van der Waals surface area contributed by atoms with Crippen molar-refractivity contribution >= 4 is 21.7 Å². The smallest absolute Gasteiger partial charge is 0.122 e. The minimum Gasteiger partial charge on any atom is -0.246 e. The number of aromatic nitrogens is 3. The molecule has 4 aromatic rings. The Bertz CT molecular complexity index is 910. The van der Waals surface area contributed by atoms with Crippen molar-refractivity contribution < 1.29 is 0 Å². The Morgan fingerprint density at radius 3 is 2.65 bits per heavy atom. The van der Waals surface area contributed by atoms with Crippen molar-refractivity contribution in [3.8, 4) is 11.4 Å². The van der Waals surface area contributed by atoms with E-state index in [1.165, 1.54) is 0 Å². The number of hydrogen-bond acceptors (Lipinski definition) is 3. The fourth-order valence-corrected chi connectivity index (χ4v) is 2.36. The number of pyridine rings is 1. The zero-order chi connectivity index (χ0) is 13.4. The lowest BCUT2D eigenvalue weighted by atomic mass is 10.1. The average molecular weight is 256 g/mol. The van der Waals surface area contributed by atoms with Crippen LogP contribution in [0.3, 0.4) is 0 Å². The van der Waals surface area contributed by atoms with E-state index in [0.29, 0.717) is 0 Å². The van der Waals surface area contributed by atoms with Crippen LogP contribution in [0.5, 0.6) is 0 Å². The second-order valence-corrected chi connectivity index (χ2v) is 4.60. The number of benzene rings is 2. The fraction of sp³-hybridized carbons (Fsp3) is 0. The molecule has 93 valence electrons. The lowest BCUT2D eigenvalue weighted by Gasteiger charge is -2.05. The Hall–Kier alpha value is -2.81. The summed E-state index contributed by atoms with van der Waals surface area (Å²) in [6, 6.07) is 20.1. The van der Waals surface area contributed by atoms with E-state index in [0.717, 1.165) is 33.1 Å². The number of nitrogens with zero attached hydrogens (tertiary/aromatic N) is 3. The van der Waals surface area contributed by atoms with Crippen molar-refractivity contribution in [2.45, 2.75) is 0 Å². The van der Waals surface area contributed by atoms with Gasteiger partial charge < -0.3 is 0 Å². The summed E-state index contributed by atoms with van der Waals surface area (Å²) in [5, 5.41) is 11.3. The van der Waals surface area contributed by atoms with Gasteiger partial charge in [0, 0.05) is 16.2 Å². The molecule has 0 saturated carbocycles. The van der Waals surface area contributed by atoms with Crippen molar-refractivity contribution in [3.05, 3.63) is 66.9 Å². The predicted octanol–water partition coefficient (Wildman–Crippen LogP) is 3.65. The fourth-order valence-electron chi connectivity index (χ4n) is 2.36. The summed E-state index contributed by atoms with van der Waals surface area (Å²) in [6.07, 6.45) is 2.91. The van der Waals surface area contributed by atoms with Crippen LogP contribution in [0.2, 0.25) is 0 Å². The molecule has 0 aliphatic rings. The van der Waals surface area contributed by atoms with Crippen molar-refractivity contribution in [3.63, 3.8) is 0 Å². The second kappa shape index (κ2) is 4.38. The molecule has 3 nitrogen and oxygen atoms in total. The van der Waals surface area contributed by atoms with Crippen LogP contribution in [0.4, 0.5) is 0 Å². The van der Waals surface area contributed by atoms with E-state index in [1.54, 1.807) is 0 Å². The predicted molar refractivity (Wildman–Crippen MR) is 79.1 cm³/mol. The van der Waals surface area contributed by atoms with Gasteiger partial charge in [0.2, 0.25) is 0 Å². The van der Waals surface area contributed by atoms with Crippen molar-refractivity contribution in [2.24, 2.45) is 0 Å². The first-order valence-electron chi connectivity index (χ1n) is 6.41. The molecule has 0 atom stereocenters. The molecule has 4 rings (SSSR count). The van der Waals surface area contributed by atoms with Crippen molar-refractivity contribution in [1.29, 1.82) is 0 Å². The molecule has 0 amide bonds. The van der Waals surface area contributed by atoms with E-state index in [2.05, 4.69) is 33.5 Å². The third-order valence-corrected chi connectivity index (χ3v) is 3.34. The summed E-state index contributed by atoms with van der Waals surface area (Å²) in [5.74, 6) is 0. The van der Waals surface area contributed by atoms with Crippen LogP contribution in [-0.2, 0) is 0 Å². The standard InChI is InChI=1S/C17H10N3/c1-3-7-14-13(6-1)11-18-20-17(14)16-10-9-12-5-2-4-8-15(12)19-16/h1-10H. The molecule has 0 unspecified atom stereocenters. The van der Waals surface area contributed by atoms with Gasteiger partial charge in [0.15, 0.2) is 0 Å². The molecule has 2 aromatic heterocycles. The molecule has 2 heterocycles. The van der Waals surface area contributed by atoms with Crippen LogP contribution < -0.4 is 0 Å². The Kier molecular flexibility index (Phi) is 2.42. The summed E-state index contributed by atoms with van der Waals surface area (Å²) < 4.78 is 0. The molecule has 0 aliphatic heterocycles. The molecule has 0 saturated heterocycles. The molecule has 0 spiro atoms. The summed E-state index contributed by atoms with van der Waals surface area (Å²) in [4.78, 5) is 4.68. The first-order valence-corrected chi connectivity index (χ1v) is 6.41. The monoisotopic (exact) mass is 256 g/mol. The Morgan fingerprint density at radius 1 is 0.800 bits per heavy atom. The molecule has 0 bridgehead atoms. The van der Waals surface area contributed by atoms with Crippen molar-refractivity contribution in [2.75, 3.05) is 0 Å². The van der Waals surface area contributed by atoms with E-state index in [9.17, 15) is 0 Å². The first-order chi connectivity index (χ1) is 9.92. The minimum absolute atomic E-state index is 0.796. The highest BCUT2D eigenvalue weighted by Gasteiger charge is 2.08. The summed E-state index contributed by atoms with van der Waals surface area (Å²) in [7, 11) is 0. The van der Waals surface area contributed by atoms with Gasteiger partial charge in [0.25, 0.3) is 0 Å². The highest BCUT2D eigenvalue weighted by atomic mass is 15.1. The van der Waals surface area contributed by atoms with Crippen LogP contribution in [0.15, 0.2) is 60.7 Å². The molecular formula is C17H10N3. The van der Waals surface area contributed by atoms with Gasteiger partial charge >= 0.3 is 0 Å². The molecule has 0 aliphatic carbocycles. The quantitative estimate of drug-likeness (QED) is 0.522. The summed E-state index contributed by atoms with van der Waals surface area (Å²) >= 11 is 0. The maximum absolute atomic E-state index is 4.68. The minimum atomic E-state index is 0.796. The third kappa shape index (κ3) is 1.72. The Morgan fingerprint density at radius 2 is 1.65 bits per heavy atom. The number of hydrogen-bond donors (Lipinski definition) is 0. The van der Waals surface area contributed by atoms with E-state index < -0.39 is 0 Å². The molecular weight excluding hydrogens is 246 g/mol. The van der Waals surface area contributed by atoms with Gasteiger partial charge in [-0.25, -0.2) is 4.98 Å². The molecule has 0 N–H and O–H groups in total. The lowest BCUT2D eigenvalue weighted by Crippen LogP contribution is -1.92. The van der Waals surface area contributed by atoms with E-state index in [-0.39, 0.29) is 0 Å². The van der Waals surface area contributed by atoms with Gasteiger partial charge in [-0.15, -0.1) is 10.2 Å². The van der Waals surface area contributed by atoms with E-state index in [4.69, 9.17) is 0 Å². The largest absolute Gasteiger partial charge is 0.246 e. The van der Waals surface area contributed by atoms with Gasteiger partial charge in [0.1, 0.15) is 11.9 Å². The van der Waals surface area contributed by atoms with Crippen LogP contribution in [0, 0.1) is 6.20 Å². The van der Waals surface area contributed by atoms with Gasteiger partial charge in [0.05, 0.1) is 11.2 Å². The topological polar surface area (TPSA) is 38.7 Å². The van der Waals surface area contributed by atoms with Crippen molar-refractivity contribution in [1.82, 2.24) is 15.2 Å². The van der Waals surface area contributed by atoms with Gasteiger partial charge in [-0.3, -0.25) is 0 Å². The Labute approximate surface area is 115 Å². The molecule has 3 heteroatoms. The Balaban J connectivity index is 2.01. The summed E-state index contributed by atoms with van der Waals surface area (Å²) in [5.41, 5.74) is 2.59. The van der Waals surface area contributed by atoms with E-state index >= 15 is 0 Å². The lowest BCUT2D eigenvalue weighted by molar-refractivity contribution is 1.04. The van der Waals surface area contributed by atoms with Crippen LogP contribution >= 0.6 is 0 Å². The normalized spacial score (nSPS) is 11.0. The highest BCUT2D eigenvalue weighted by molar-refractivity contribution is 5.93. The van der Waals surface area contributed by atoms with Crippen LogP contribution in [-0.4, -0.2) is 15.2 Å². The summed E-state index contributed by atoms with van der Waals surface area (Å²) in [6.45, 7) is 0. The van der Waals surface area contributed by atoms with Gasteiger partial charge in [-0.1, -0.05) is 48.5 Å². The number of fused-ring (bicyclic) bond motifs is 2. The van der Waals surface area contributed by atoms with Gasteiger partial charge in [-0.2, -0.15) is 0 Å². The van der Waals surface area contributed by atoms with Crippen LogP contribution in [0.25, 0.3) is 33.1 Å². The SMILES string of the molecule is [c]1nnc(-c2ccc3ccccc3n2)c2ccccc12. The number of rotatable bonds is 1. The average Bonchev–Trinajstić information content (AvgIpc) is 2.54. The maximum atomic E-state index is 4.68. The number of para-hydroxylation sites is 1. The highest BCUT2D eigenvalue weighted by Crippen LogP contribution is 2.25. The molecule has 0 fully saturated rings. The molecule has 20 heavy (non-hydrogen) atoms. The zero-order valence-electron chi connectivity index (χ0n) is 10.6. The third-order valence-electron chi connectivity index (χ3n) is 3.34. The molecule has 1 radical (unpaired) electrons. The van der Waals surface area contributed by atoms with E-state index in [1.807, 2.05) is 48.5 Å². The van der Waals surface area contributed by atoms with Gasteiger partial charge in [-0.05, 0) is 12.1 Å². The molecule has 2 aromatic carbocycles. The maximum Gasteiger partial charge on any atom is 0.122 e. The van der Waals surface area contributed by atoms with Crippen LogP contribution in [0.1, 0.15) is 0 Å².